The molecular formula is C21H21BrN6O2. The molecule has 0 spiro atoms. The van der Waals surface area contributed by atoms with E-state index in [1.807, 2.05) is 32.2 Å². The lowest BCUT2D eigenvalue weighted by Crippen LogP contribution is -2.08. The van der Waals surface area contributed by atoms with E-state index >= 15 is 0 Å². The highest BCUT2D eigenvalue weighted by Gasteiger charge is 2.15. The van der Waals surface area contributed by atoms with E-state index < -0.39 is 0 Å². The third-order valence-corrected chi connectivity index (χ3v) is 5.16. The van der Waals surface area contributed by atoms with Crippen LogP contribution in [0.5, 0.6) is 11.6 Å². The van der Waals surface area contributed by atoms with Crippen LogP contribution >= 0.6 is 15.9 Å². The molecule has 154 valence electrons. The Morgan fingerprint density at radius 1 is 1.23 bits per heavy atom. The Kier molecular flexibility index (Phi) is 5.80. The molecule has 0 aliphatic carbocycles. The molecule has 4 rings (SSSR count). The summed E-state index contributed by atoms with van der Waals surface area (Å²) in [6.07, 6.45) is 5.88. The molecule has 4 aromatic rings. The van der Waals surface area contributed by atoms with Gasteiger partial charge >= 0.3 is 0 Å². The first kappa shape index (κ1) is 20.1. The number of nitrogens with one attached hydrogen (secondary N) is 1. The standard InChI is InChI=1S/C21H21BrN6O2/c1-4-16-19(7-6-13(2)25-16)29-8-5-9-30-21-15(11-24-28(21)3)17-10-14-18(12-23-17)26-27-20(14)22/h4,6-7,10-12H,1,5,8-9H2,2-3H3,(H,26,27). The first-order valence-corrected chi connectivity index (χ1v) is 10.2. The largest absolute Gasteiger partial charge is 0.491 e. The van der Waals surface area contributed by atoms with Crippen LogP contribution < -0.4 is 9.47 Å². The van der Waals surface area contributed by atoms with Gasteiger partial charge in [-0.1, -0.05) is 6.58 Å². The molecule has 4 heterocycles. The molecule has 0 saturated heterocycles. The van der Waals surface area contributed by atoms with Crippen molar-refractivity contribution in [3.63, 3.8) is 0 Å². The molecular weight excluding hydrogens is 448 g/mol. The molecule has 0 amide bonds. The Morgan fingerprint density at radius 3 is 2.90 bits per heavy atom. The number of aryl methyl sites for hydroxylation is 2. The minimum Gasteiger partial charge on any atom is -0.491 e. The van der Waals surface area contributed by atoms with Gasteiger partial charge < -0.3 is 9.47 Å². The van der Waals surface area contributed by atoms with E-state index in [2.05, 4.69) is 47.8 Å². The Bertz CT molecular complexity index is 1200. The Balaban J connectivity index is 1.40. The monoisotopic (exact) mass is 468 g/mol. The third kappa shape index (κ3) is 4.06. The molecule has 0 radical (unpaired) electrons. The third-order valence-electron chi connectivity index (χ3n) is 4.56. The van der Waals surface area contributed by atoms with Crippen molar-refractivity contribution < 1.29 is 9.47 Å². The Hall–Kier alpha value is -3.20. The van der Waals surface area contributed by atoms with Gasteiger partial charge in [0.05, 0.1) is 36.9 Å². The predicted octanol–water partition coefficient (Wildman–Crippen LogP) is 4.32. The van der Waals surface area contributed by atoms with Gasteiger partial charge in [-0.05, 0) is 47.1 Å². The molecule has 0 fully saturated rings. The first-order chi connectivity index (χ1) is 14.6. The molecule has 30 heavy (non-hydrogen) atoms. The Labute approximate surface area is 182 Å². The molecule has 9 heteroatoms. The minimum absolute atomic E-state index is 0.479. The van der Waals surface area contributed by atoms with Gasteiger partial charge in [0.25, 0.3) is 0 Å². The summed E-state index contributed by atoms with van der Waals surface area (Å²) in [5.74, 6) is 1.38. The number of aromatic nitrogens is 6. The second-order valence-electron chi connectivity index (χ2n) is 6.70. The molecule has 0 aromatic carbocycles. The van der Waals surface area contributed by atoms with E-state index in [9.17, 15) is 0 Å². The van der Waals surface area contributed by atoms with Gasteiger partial charge in [0, 0.05) is 24.5 Å². The summed E-state index contributed by atoms with van der Waals surface area (Å²) >= 11 is 3.47. The summed E-state index contributed by atoms with van der Waals surface area (Å²) in [4.78, 5) is 8.91. The summed E-state index contributed by atoms with van der Waals surface area (Å²) in [6.45, 7) is 6.71. The molecule has 0 aliphatic rings. The van der Waals surface area contributed by atoms with Crippen molar-refractivity contribution in [2.24, 2.45) is 7.05 Å². The number of rotatable bonds is 8. The summed E-state index contributed by atoms with van der Waals surface area (Å²) in [5, 5.41) is 12.4. The smallest absolute Gasteiger partial charge is 0.221 e. The van der Waals surface area contributed by atoms with E-state index in [-0.39, 0.29) is 0 Å². The fourth-order valence-corrected chi connectivity index (χ4v) is 3.45. The quantitative estimate of drug-likeness (QED) is 0.387. The van der Waals surface area contributed by atoms with Gasteiger partial charge in [0.1, 0.15) is 21.6 Å². The zero-order valence-corrected chi connectivity index (χ0v) is 18.3. The number of nitrogens with zero attached hydrogens (tertiary/aromatic N) is 5. The fourth-order valence-electron chi connectivity index (χ4n) is 3.05. The topological polar surface area (TPSA) is 90.7 Å². The first-order valence-electron chi connectivity index (χ1n) is 9.44. The van der Waals surface area contributed by atoms with Crippen LogP contribution in [0, 0.1) is 6.92 Å². The van der Waals surface area contributed by atoms with E-state index in [0.29, 0.717) is 25.5 Å². The molecule has 0 unspecified atom stereocenters. The van der Waals surface area contributed by atoms with Crippen molar-refractivity contribution >= 4 is 32.9 Å². The average Bonchev–Trinajstić information content (AvgIpc) is 3.31. The van der Waals surface area contributed by atoms with Gasteiger partial charge in [-0.25, -0.2) is 9.67 Å². The van der Waals surface area contributed by atoms with Crippen molar-refractivity contribution in [2.45, 2.75) is 13.3 Å². The van der Waals surface area contributed by atoms with Crippen LogP contribution in [0.3, 0.4) is 0 Å². The van der Waals surface area contributed by atoms with E-state index in [1.54, 1.807) is 23.2 Å². The van der Waals surface area contributed by atoms with E-state index in [1.165, 1.54) is 0 Å². The van der Waals surface area contributed by atoms with Crippen molar-refractivity contribution in [3.05, 3.63) is 53.2 Å². The van der Waals surface area contributed by atoms with Crippen molar-refractivity contribution in [3.8, 4) is 22.9 Å². The van der Waals surface area contributed by atoms with Crippen molar-refractivity contribution in [1.29, 1.82) is 0 Å². The maximum absolute atomic E-state index is 6.01. The number of hydrogen-bond acceptors (Lipinski definition) is 6. The molecule has 0 atom stereocenters. The number of hydrogen-bond donors (Lipinski definition) is 1. The van der Waals surface area contributed by atoms with Gasteiger partial charge in [-0.15, -0.1) is 0 Å². The predicted molar refractivity (Wildman–Crippen MR) is 118 cm³/mol. The number of H-pyrrole nitrogens is 1. The Morgan fingerprint density at radius 2 is 2.07 bits per heavy atom. The SMILES string of the molecule is C=Cc1nc(C)ccc1OCCCOc1c(-c2cc3c(Br)[nH]nc3cn2)cnn1C. The zero-order valence-electron chi connectivity index (χ0n) is 16.7. The van der Waals surface area contributed by atoms with Crippen LogP contribution in [0.1, 0.15) is 17.8 Å². The lowest BCUT2D eigenvalue weighted by Gasteiger charge is -2.11. The van der Waals surface area contributed by atoms with Crippen LogP contribution in [0.4, 0.5) is 0 Å². The van der Waals surface area contributed by atoms with Crippen LogP contribution in [0.2, 0.25) is 0 Å². The normalized spacial score (nSPS) is 11.0. The minimum atomic E-state index is 0.479. The molecule has 0 saturated carbocycles. The summed E-state index contributed by atoms with van der Waals surface area (Å²) in [6, 6.07) is 5.79. The highest BCUT2D eigenvalue weighted by molar-refractivity contribution is 9.10. The van der Waals surface area contributed by atoms with Gasteiger partial charge in [0.2, 0.25) is 5.88 Å². The zero-order chi connectivity index (χ0) is 21.1. The van der Waals surface area contributed by atoms with Gasteiger partial charge in [-0.2, -0.15) is 10.2 Å². The number of halogens is 1. The molecule has 4 aromatic heterocycles. The second-order valence-corrected chi connectivity index (χ2v) is 7.49. The highest BCUT2D eigenvalue weighted by atomic mass is 79.9. The fraction of sp³-hybridized carbons (Fsp3) is 0.238. The van der Waals surface area contributed by atoms with Crippen LogP contribution in [0.25, 0.3) is 28.2 Å². The number of fused-ring (bicyclic) bond motifs is 1. The molecule has 0 aliphatic heterocycles. The lowest BCUT2D eigenvalue weighted by molar-refractivity contribution is 0.235. The van der Waals surface area contributed by atoms with Crippen LogP contribution in [0.15, 0.2) is 41.8 Å². The molecule has 0 bridgehead atoms. The van der Waals surface area contributed by atoms with Gasteiger partial charge in [-0.3, -0.25) is 10.1 Å². The van der Waals surface area contributed by atoms with Gasteiger partial charge in [0.15, 0.2) is 0 Å². The number of pyridine rings is 2. The summed E-state index contributed by atoms with van der Waals surface area (Å²) in [5.41, 5.74) is 4.06. The maximum atomic E-state index is 6.01. The lowest BCUT2D eigenvalue weighted by atomic mass is 10.2. The van der Waals surface area contributed by atoms with Crippen molar-refractivity contribution in [1.82, 2.24) is 29.9 Å². The average molecular weight is 469 g/mol. The van der Waals surface area contributed by atoms with E-state index in [0.717, 1.165) is 43.9 Å². The van der Waals surface area contributed by atoms with Crippen LogP contribution in [-0.4, -0.2) is 43.2 Å². The molecule has 8 nitrogen and oxygen atoms in total. The van der Waals surface area contributed by atoms with Crippen LogP contribution in [-0.2, 0) is 7.05 Å². The highest BCUT2D eigenvalue weighted by Crippen LogP contribution is 2.31. The maximum Gasteiger partial charge on any atom is 0.221 e. The summed E-state index contributed by atoms with van der Waals surface area (Å²) < 4.78 is 14.4. The number of ether oxygens (including phenoxy) is 2. The summed E-state index contributed by atoms with van der Waals surface area (Å²) in [7, 11) is 1.84. The second kappa shape index (κ2) is 8.66. The van der Waals surface area contributed by atoms with E-state index in [4.69, 9.17) is 9.47 Å². The number of aromatic amines is 1. The van der Waals surface area contributed by atoms with Crippen molar-refractivity contribution in [2.75, 3.05) is 13.2 Å². The molecule has 1 N–H and O–H groups in total.